The van der Waals surface area contributed by atoms with Crippen molar-refractivity contribution in [3.8, 4) is 0 Å². The number of anilines is 1. The van der Waals surface area contributed by atoms with Gasteiger partial charge in [-0.1, -0.05) is 13.3 Å². The van der Waals surface area contributed by atoms with Crippen LogP contribution < -0.4 is 10.6 Å². The number of carbonyl (C=O) groups is 1. The van der Waals surface area contributed by atoms with Crippen molar-refractivity contribution in [3.63, 3.8) is 0 Å². The molecule has 7 heteroatoms. The van der Waals surface area contributed by atoms with Crippen LogP contribution in [0.2, 0.25) is 0 Å². The van der Waals surface area contributed by atoms with Gasteiger partial charge in [0.15, 0.2) is 9.84 Å². The molecule has 1 aromatic carbocycles. The van der Waals surface area contributed by atoms with Gasteiger partial charge in [0, 0.05) is 12.8 Å². The molecule has 0 aliphatic carbocycles. The Hall–Kier alpha value is -1.63. The lowest BCUT2D eigenvalue weighted by Gasteiger charge is -2.11. The van der Waals surface area contributed by atoms with E-state index in [1.54, 1.807) is 0 Å². The van der Waals surface area contributed by atoms with Crippen LogP contribution >= 0.6 is 0 Å². The third-order valence-electron chi connectivity index (χ3n) is 2.64. The first-order chi connectivity index (χ1) is 9.34. The number of rotatable bonds is 7. The second-order valence-electron chi connectivity index (χ2n) is 4.47. The SMILES string of the molecule is CCCCNC(=O)CNc1ccc(F)cc1S(C)(=O)=O. The summed E-state index contributed by atoms with van der Waals surface area (Å²) in [6.07, 6.45) is 2.86. The Morgan fingerprint density at radius 1 is 1.35 bits per heavy atom. The van der Waals surface area contributed by atoms with E-state index >= 15 is 0 Å². The number of benzene rings is 1. The quantitative estimate of drug-likeness (QED) is 0.750. The summed E-state index contributed by atoms with van der Waals surface area (Å²) < 4.78 is 36.2. The third kappa shape index (κ3) is 5.16. The maximum Gasteiger partial charge on any atom is 0.239 e. The van der Waals surface area contributed by atoms with Gasteiger partial charge in [0.05, 0.1) is 17.1 Å². The number of sulfone groups is 1. The highest BCUT2D eigenvalue weighted by Gasteiger charge is 2.15. The zero-order chi connectivity index (χ0) is 15.2. The number of hydrogen-bond acceptors (Lipinski definition) is 4. The molecule has 0 heterocycles. The van der Waals surface area contributed by atoms with Crippen LogP contribution in [-0.2, 0) is 14.6 Å². The number of amides is 1. The van der Waals surface area contributed by atoms with E-state index in [4.69, 9.17) is 0 Å². The van der Waals surface area contributed by atoms with Crippen LogP contribution in [0.4, 0.5) is 10.1 Å². The van der Waals surface area contributed by atoms with Crippen LogP contribution in [0.15, 0.2) is 23.1 Å². The second kappa shape index (κ2) is 7.23. The lowest BCUT2D eigenvalue weighted by molar-refractivity contribution is -0.119. The van der Waals surface area contributed by atoms with Gasteiger partial charge < -0.3 is 10.6 Å². The number of unbranched alkanes of at least 4 members (excludes halogenated alkanes) is 1. The summed E-state index contributed by atoms with van der Waals surface area (Å²) in [6, 6.07) is 3.39. The van der Waals surface area contributed by atoms with Gasteiger partial charge in [-0.05, 0) is 24.6 Å². The highest BCUT2D eigenvalue weighted by molar-refractivity contribution is 7.90. The molecule has 1 amide bonds. The van der Waals surface area contributed by atoms with Crippen molar-refractivity contribution in [3.05, 3.63) is 24.0 Å². The topological polar surface area (TPSA) is 75.3 Å². The van der Waals surface area contributed by atoms with Crippen LogP contribution in [-0.4, -0.2) is 33.7 Å². The van der Waals surface area contributed by atoms with Crippen LogP contribution in [0, 0.1) is 5.82 Å². The summed E-state index contributed by atoms with van der Waals surface area (Å²) in [4.78, 5) is 11.4. The number of carbonyl (C=O) groups excluding carboxylic acids is 1. The van der Waals surface area contributed by atoms with Gasteiger partial charge in [0.1, 0.15) is 5.82 Å². The van der Waals surface area contributed by atoms with E-state index in [-0.39, 0.29) is 23.0 Å². The molecule has 0 aromatic heterocycles. The van der Waals surface area contributed by atoms with Gasteiger partial charge in [0.2, 0.25) is 5.91 Å². The van der Waals surface area contributed by atoms with Crippen LogP contribution in [0.3, 0.4) is 0 Å². The molecule has 0 spiro atoms. The maximum atomic E-state index is 13.1. The lowest BCUT2D eigenvalue weighted by atomic mass is 10.3. The van der Waals surface area contributed by atoms with Gasteiger partial charge in [0.25, 0.3) is 0 Å². The summed E-state index contributed by atoms with van der Waals surface area (Å²) in [5.41, 5.74) is 0.222. The van der Waals surface area contributed by atoms with Crippen LogP contribution in [0.25, 0.3) is 0 Å². The molecule has 2 N–H and O–H groups in total. The summed E-state index contributed by atoms with van der Waals surface area (Å²) in [5, 5.41) is 5.41. The highest BCUT2D eigenvalue weighted by Crippen LogP contribution is 2.21. The second-order valence-corrected chi connectivity index (χ2v) is 6.45. The van der Waals surface area contributed by atoms with Crippen molar-refractivity contribution in [1.82, 2.24) is 5.32 Å². The minimum absolute atomic E-state index is 0.0577. The van der Waals surface area contributed by atoms with Gasteiger partial charge in [-0.2, -0.15) is 0 Å². The number of hydrogen-bond donors (Lipinski definition) is 2. The molecule has 0 saturated carbocycles. The molecular formula is C13H19FN2O3S. The molecule has 0 radical (unpaired) electrons. The molecule has 0 atom stereocenters. The van der Waals surface area contributed by atoms with Gasteiger partial charge >= 0.3 is 0 Å². The Labute approximate surface area is 118 Å². The van der Waals surface area contributed by atoms with Gasteiger partial charge in [-0.3, -0.25) is 4.79 Å². The van der Waals surface area contributed by atoms with E-state index in [1.165, 1.54) is 6.07 Å². The van der Waals surface area contributed by atoms with E-state index in [2.05, 4.69) is 10.6 Å². The lowest BCUT2D eigenvalue weighted by Crippen LogP contribution is -2.30. The Morgan fingerprint density at radius 2 is 2.05 bits per heavy atom. The Balaban J connectivity index is 2.71. The molecule has 0 bridgehead atoms. The third-order valence-corrected chi connectivity index (χ3v) is 3.77. The van der Waals surface area contributed by atoms with Crippen molar-refractivity contribution in [2.75, 3.05) is 24.7 Å². The van der Waals surface area contributed by atoms with Crippen LogP contribution in [0.1, 0.15) is 19.8 Å². The number of halogens is 1. The maximum absolute atomic E-state index is 13.1. The van der Waals surface area contributed by atoms with Crippen molar-refractivity contribution < 1.29 is 17.6 Å². The van der Waals surface area contributed by atoms with Gasteiger partial charge in [-0.15, -0.1) is 0 Å². The highest BCUT2D eigenvalue weighted by atomic mass is 32.2. The first-order valence-corrected chi connectivity index (χ1v) is 8.24. The largest absolute Gasteiger partial charge is 0.375 e. The van der Waals surface area contributed by atoms with Crippen molar-refractivity contribution in [2.24, 2.45) is 0 Å². The van der Waals surface area contributed by atoms with E-state index in [1.807, 2.05) is 6.92 Å². The zero-order valence-electron chi connectivity index (χ0n) is 11.6. The molecule has 0 aliphatic heterocycles. The number of nitrogens with one attached hydrogen (secondary N) is 2. The van der Waals surface area contributed by atoms with Crippen molar-refractivity contribution >= 4 is 21.4 Å². The van der Waals surface area contributed by atoms with E-state index < -0.39 is 15.7 Å². The average Bonchev–Trinajstić information content (AvgIpc) is 2.36. The molecule has 1 rings (SSSR count). The molecule has 20 heavy (non-hydrogen) atoms. The van der Waals surface area contributed by atoms with Gasteiger partial charge in [-0.25, -0.2) is 12.8 Å². The van der Waals surface area contributed by atoms with Crippen molar-refractivity contribution in [1.29, 1.82) is 0 Å². The molecule has 0 aliphatic rings. The van der Waals surface area contributed by atoms with E-state index in [9.17, 15) is 17.6 Å². The molecule has 112 valence electrons. The Bertz CT molecular complexity index is 573. The monoisotopic (exact) mass is 302 g/mol. The van der Waals surface area contributed by atoms with Crippen molar-refractivity contribution in [2.45, 2.75) is 24.7 Å². The van der Waals surface area contributed by atoms with E-state index in [0.717, 1.165) is 31.2 Å². The minimum Gasteiger partial charge on any atom is -0.375 e. The molecular weight excluding hydrogens is 283 g/mol. The Morgan fingerprint density at radius 3 is 2.65 bits per heavy atom. The predicted octanol–water partition coefficient (Wildman–Crippen LogP) is 1.56. The molecule has 0 saturated heterocycles. The fraction of sp³-hybridized carbons (Fsp3) is 0.462. The summed E-state index contributed by atoms with van der Waals surface area (Å²) >= 11 is 0. The first kappa shape index (κ1) is 16.4. The molecule has 5 nitrogen and oxygen atoms in total. The van der Waals surface area contributed by atoms with E-state index in [0.29, 0.717) is 6.54 Å². The first-order valence-electron chi connectivity index (χ1n) is 6.34. The fourth-order valence-corrected chi connectivity index (χ4v) is 2.46. The minimum atomic E-state index is -3.56. The average molecular weight is 302 g/mol. The predicted molar refractivity (Wildman–Crippen MR) is 75.9 cm³/mol. The Kier molecular flexibility index (Phi) is 5.94. The summed E-state index contributed by atoms with van der Waals surface area (Å²) in [6.45, 7) is 2.54. The summed E-state index contributed by atoms with van der Waals surface area (Å²) in [7, 11) is -3.56. The zero-order valence-corrected chi connectivity index (χ0v) is 12.4. The smallest absolute Gasteiger partial charge is 0.239 e. The van der Waals surface area contributed by atoms with Crippen LogP contribution in [0.5, 0.6) is 0 Å². The molecule has 1 aromatic rings. The normalized spacial score (nSPS) is 11.2. The fourth-order valence-electron chi connectivity index (χ4n) is 1.59. The molecule has 0 fully saturated rings. The summed E-state index contributed by atoms with van der Waals surface area (Å²) in [5.74, 6) is -0.870. The standard InChI is InChI=1S/C13H19FN2O3S/c1-3-4-7-15-13(17)9-16-11-6-5-10(14)8-12(11)20(2,18)19/h5-6,8,16H,3-4,7,9H2,1-2H3,(H,15,17). The molecule has 0 unspecified atom stereocenters.